The van der Waals surface area contributed by atoms with Gasteiger partial charge in [-0.15, -0.1) is 0 Å². The third kappa shape index (κ3) is 5.24. The second-order valence-electron chi connectivity index (χ2n) is 5.13. The molecule has 2 N–H and O–H groups in total. The molecule has 0 atom stereocenters. The Morgan fingerprint density at radius 2 is 1.46 bits per heavy atom. The topological polar surface area (TPSA) is 78.5 Å². The average Bonchev–Trinajstić information content (AvgIpc) is 2.59. The smallest absolute Gasteiger partial charge is 0.246 e. The van der Waals surface area contributed by atoms with E-state index in [2.05, 4.69) is 10.6 Å². The van der Waals surface area contributed by atoms with Gasteiger partial charge in [0.2, 0.25) is 17.7 Å². The van der Waals surface area contributed by atoms with Gasteiger partial charge in [0.15, 0.2) is 0 Å². The Labute approximate surface area is 140 Å². The van der Waals surface area contributed by atoms with Gasteiger partial charge in [-0.3, -0.25) is 19.7 Å². The van der Waals surface area contributed by atoms with Crippen LogP contribution in [0.15, 0.2) is 60.7 Å². The first-order valence-electron chi connectivity index (χ1n) is 7.51. The van der Waals surface area contributed by atoms with Crippen molar-refractivity contribution in [1.82, 2.24) is 5.32 Å². The Kier molecular flexibility index (Phi) is 6.08. The Morgan fingerprint density at radius 1 is 0.875 bits per heavy atom. The van der Waals surface area contributed by atoms with Crippen molar-refractivity contribution in [2.45, 2.75) is 6.92 Å². The second-order valence-corrected chi connectivity index (χ2v) is 5.13. The molecule has 0 aliphatic heterocycles. The molecule has 0 saturated carbocycles. The Bertz CT molecular complexity index is 702. The van der Waals surface area contributed by atoms with E-state index in [9.17, 15) is 14.4 Å². The lowest BCUT2D eigenvalue weighted by molar-refractivity contribution is -0.129. The van der Waals surface area contributed by atoms with Crippen LogP contribution >= 0.6 is 0 Å². The van der Waals surface area contributed by atoms with Crippen LogP contribution in [0.1, 0.15) is 6.92 Å². The molecular formula is C18H19N3O3. The summed E-state index contributed by atoms with van der Waals surface area (Å²) in [5.74, 6) is -1.26. The summed E-state index contributed by atoms with van der Waals surface area (Å²) in [7, 11) is 0. The molecule has 0 aliphatic rings. The molecule has 0 radical (unpaired) electrons. The lowest BCUT2D eigenvalue weighted by Gasteiger charge is -2.20. The van der Waals surface area contributed by atoms with E-state index in [1.807, 2.05) is 36.4 Å². The fourth-order valence-electron chi connectivity index (χ4n) is 2.11. The van der Waals surface area contributed by atoms with E-state index in [0.717, 1.165) is 5.69 Å². The number of rotatable bonds is 6. The van der Waals surface area contributed by atoms with Gasteiger partial charge in [-0.1, -0.05) is 36.4 Å². The zero-order valence-corrected chi connectivity index (χ0v) is 13.4. The number of hydrogen-bond acceptors (Lipinski definition) is 4. The van der Waals surface area contributed by atoms with E-state index >= 15 is 0 Å². The number of amides is 3. The van der Waals surface area contributed by atoms with E-state index in [4.69, 9.17) is 0 Å². The van der Waals surface area contributed by atoms with Gasteiger partial charge in [-0.25, -0.2) is 0 Å². The number of benzene rings is 2. The van der Waals surface area contributed by atoms with Crippen LogP contribution in [0.3, 0.4) is 0 Å². The van der Waals surface area contributed by atoms with Crippen molar-refractivity contribution in [3.8, 4) is 0 Å². The zero-order valence-electron chi connectivity index (χ0n) is 13.4. The van der Waals surface area contributed by atoms with Crippen LogP contribution in [0.25, 0.3) is 0 Å². The molecule has 2 aromatic rings. The Balaban J connectivity index is 1.86. The first-order valence-corrected chi connectivity index (χ1v) is 7.51. The minimum atomic E-state index is -0.533. The minimum Gasteiger partial charge on any atom is -0.376 e. The van der Waals surface area contributed by atoms with Crippen LogP contribution in [-0.4, -0.2) is 30.8 Å². The standard InChI is InChI=1S/C18H19N3O3/c1-14(22)21(16-10-6-3-7-11-16)13-18(24)20-17(23)12-19-15-8-4-2-5-9-15/h2-11,19H,12-13H2,1H3,(H,20,23,24). The van der Waals surface area contributed by atoms with Crippen LogP contribution in [0.2, 0.25) is 0 Å². The molecule has 0 aromatic heterocycles. The fraction of sp³-hybridized carbons (Fsp3) is 0.167. The van der Waals surface area contributed by atoms with Crippen LogP contribution < -0.4 is 15.5 Å². The van der Waals surface area contributed by atoms with Crippen LogP contribution in [-0.2, 0) is 14.4 Å². The third-order valence-electron chi connectivity index (χ3n) is 3.26. The Morgan fingerprint density at radius 3 is 2.04 bits per heavy atom. The molecule has 0 saturated heterocycles. The van der Waals surface area contributed by atoms with Crippen molar-refractivity contribution in [3.63, 3.8) is 0 Å². The van der Waals surface area contributed by atoms with Gasteiger partial charge in [0.1, 0.15) is 6.54 Å². The van der Waals surface area contributed by atoms with Gasteiger partial charge < -0.3 is 10.2 Å². The molecule has 6 heteroatoms. The van der Waals surface area contributed by atoms with Crippen LogP contribution in [0, 0.1) is 0 Å². The molecule has 0 fully saturated rings. The molecule has 0 aliphatic carbocycles. The van der Waals surface area contributed by atoms with Crippen LogP contribution in [0.4, 0.5) is 11.4 Å². The maximum Gasteiger partial charge on any atom is 0.246 e. The summed E-state index contributed by atoms with van der Waals surface area (Å²) in [6.45, 7) is 1.14. The summed E-state index contributed by atoms with van der Waals surface area (Å²) in [6, 6.07) is 18.0. The molecule has 0 heterocycles. The van der Waals surface area contributed by atoms with Crippen molar-refractivity contribution in [1.29, 1.82) is 0 Å². The van der Waals surface area contributed by atoms with E-state index < -0.39 is 11.8 Å². The lowest BCUT2D eigenvalue weighted by atomic mass is 10.3. The highest BCUT2D eigenvalue weighted by molar-refractivity contribution is 6.03. The average molecular weight is 325 g/mol. The molecule has 24 heavy (non-hydrogen) atoms. The summed E-state index contributed by atoms with van der Waals surface area (Å²) in [5.41, 5.74) is 1.39. The van der Waals surface area contributed by atoms with E-state index in [0.29, 0.717) is 5.69 Å². The van der Waals surface area contributed by atoms with Gasteiger partial charge >= 0.3 is 0 Å². The van der Waals surface area contributed by atoms with Crippen molar-refractivity contribution in [2.24, 2.45) is 0 Å². The number of hydrogen-bond donors (Lipinski definition) is 2. The van der Waals surface area contributed by atoms with Crippen molar-refractivity contribution in [2.75, 3.05) is 23.3 Å². The number of nitrogens with zero attached hydrogens (tertiary/aromatic N) is 1. The molecule has 3 amide bonds. The number of imide groups is 1. The zero-order chi connectivity index (χ0) is 17.4. The number of para-hydroxylation sites is 2. The first kappa shape index (κ1) is 17.2. The minimum absolute atomic E-state index is 0.0266. The highest BCUT2D eigenvalue weighted by atomic mass is 16.2. The third-order valence-corrected chi connectivity index (χ3v) is 3.26. The molecule has 0 unspecified atom stereocenters. The number of nitrogens with one attached hydrogen (secondary N) is 2. The second kappa shape index (κ2) is 8.47. The maximum atomic E-state index is 12.0. The van der Waals surface area contributed by atoms with Gasteiger partial charge in [0.25, 0.3) is 0 Å². The predicted octanol–water partition coefficient (Wildman–Crippen LogP) is 1.79. The summed E-state index contributed by atoms with van der Waals surface area (Å²) >= 11 is 0. The SMILES string of the molecule is CC(=O)N(CC(=O)NC(=O)CNc1ccccc1)c1ccccc1. The molecule has 0 spiro atoms. The summed E-state index contributed by atoms with van der Waals surface area (Å²) < 4.78 is 0. The molecular weight excluding hydrogens is 306 g/mol. The summed E-state index contributed by atoms with van der Waals surface area (Å²) in [6.07, 6.45) is 0. The number of anilines is 2. The lowest BCUT2D eigenvalue weighted by Crippen LogP contribution is -2.43. The summed E-state index contributed by atoms with van der Waals surface area (Å²) in [5, 5.41) is 5.18. The quantitative estimate of drug-likeness (QED) is 0.849. The van der Waals surface area contributed by atoms with Gasteiger partial charge in [0.05, 0.1) is 6.54 Å². The summed E-state index contributed by atoms with van der Waals surface area (Å²) in [4.78, 5) is 36.9. The monoisotopic (exact) mass is 325 g/mol. The van der Waals surface area contributed by atoms with E-state index in [1.165, 1.54) is 11.8 Å². The van der Waals surface area contributed by atoms with Gasteiger partial charge in [-0.05, 0) is 24.3 Å². The largest absolute Gasteiger partial charge is 0.376 e. The number of carbonyl (C=O) groups is 3. The molecule has 2 rings (SSSR count). The Hall–Kier alpha value is -3.15. The van der Waals surface area contributed by atoms with Crippen molar-refractivity contribution >= 4 is 29.1 Å². The fourth-order valence-corrected chi connectivity index (χ4v) is 2.11. The highest BCUT2D eigenvalue weighted by Gasteiger charge is 2.17. The number of carbonyl (C=O) groups excluding carboxylic acids is 3. The molecule has 6 nitrogen and oxygen atoms in total. The van der Waals surface area contributed by atoms with Crippen molar-refractivity contribution < 1.29 is 14.4 Å². The van der Waals surface area contributed by atoms with Crippen LogP contribution in [0.5, 0.6) is 0 Å². The maximum absolute atomic E-state index is 12.0. The van der Waals surface area contributed by atoms with E-state index in [1.54, 1.807) is 24.3 Å². The predicted molar refractivity (Wildman–Crippen MR) is 92.6 cm³/mol. The normalized spacial score (nSPS) is 9.88. The molecule has 124 valence electrons. The van der Waals surface area contributed by atoms with Gasteiger partial charge in [-0.2, -0.15) is 0 Å². The van der Waals surface area contributed by atoms with Gasteiger partial charge in [0, 0.05) is 18.3 Å². The molecule has 2 aromatic carbocycles. The molecule has 0 bridgehead atoms. The highest BCUT2D eigenvalue weighted by Crippen LogP contribution is 2.12. The van der Waals surface area contributed by atoms with Crippen molar-refractivity contribution in [3.05, 3.63) is 60.7 Å². The first-order chi connectivity index (χ1) is 11.6. The van der Waals surface area contributed by atoms with E-state index in [-0.39, 0.29) is 19.0 Å².